The maximum atomic E-state index is 12.3. The average molecular weight is 295 g/mol. The third-order valence-electron chi connectivity index (χ3n) is 3.60. The van der Waals surface area contributed by atoms with Gasteiger partial charge in [0.25, 0.3) is 0 Å². The van der Waals surface area contributed by atoms with Gasteiger partial charge < -0.3 is 19.6 Å². The van der Waals surface area contributed by atoms with E-state index in [-0.39, 0.29) is 5.43 Å². The van der Waals surface area contributed by atoms with Gasteiger partial charge in [-0.25, -0.2) is 0 Å². The summed E-state index contributed by atoms with van der Waals surface area (Å²) in [5, 5.41) is 0.475. The topological polar surface area (TPSA) is 74.7 Å². The van der Waals surface area contributed by atoms with Gasteiger partial charge >= 0.3 is 0 Å². The van der Waals surface area contributed by atoms with Crippen molar-refractivity contribution in [2.24, 2.45) is 0 Å². The maximum Gasteiger partial charge on any atom is 0.205 e. The second-order valence-electron chi connectivity index (χ2n) is 5.06. The number of rotatable bonds is 1. The highest BCUT2D eigenvalue weighted by Gasteiger charge is 2.19. The van der Waals surface area contributed by atoms with Crippen molar-refractivity contribution in [1.29, 1.82) is 0 Å². The number of hydrogen-bond donors (Lipinski definition) is 1. The summed E-state index contributed by atoms with van der Waals surface area (Å²) in [5.74, 6) is 1.55. The summed E-state index contributed by atoms with van der Waals surface area (Å²) >= 11 is 0. The molecule has 0 spiro atoms. The van der Waals surface area contributed by atoms with Crippen LogP contribution in [0, 0.1) is 0 Å². The van der Waals surface area contributed by atoms with Gasteiger partial charge in [-0.1, -0.05) is 0 Å². The van der Waals surface area contributed by atoms with Crippen molar-refractivity contribution in [2.45, 2.75) is 0 Å². The lowest BCUT2D eigenvalue weighted by Crippen LogP contribution is -2.16. The third kappa shape index (κ3) is 1.98. The summed E-state index contributed by atoms with van der Waals surface area (Å²) < 4.78 is 17.1. The Bertz CT molecular complexity index is 912. The number of fused-ring (bicyclic) bond motifs is 3. The van der Waals surface area contributed by atoms with Gasteiger partial charge in [-0.15, -0.1) is 0 Å². The van der Waals surface area contributed by atoms with Crippen LogP contribution in [-0.4, -0.2) is 13.2 Å². The van der Waals surface area contributed by atoms with E-state index in [4.69, 9.17) is 19.6 Å². The predicted molar refractivity (Wildman–Crippen MR) is 83.3 cm³/mol. The zero-order valence-corrected chi connectivity index (χ0v) is 11.7. The first-order valence-electron chi connectivity index (χ1n) is 6.95. The Morgan fingerprint density at radius 2 is 1.73 bits per heavy atom. The molecule has 1 aromatic heterocycles. The van der Waals surface area contributed by atoms with Gasteiger partial charge in [0.1, 0.15) is 19.0 Å². The molecule has 0 atom stereocenters. The molecule has 0 saturated carbocycles. The lowest BCUT2D eigenvalue weighted by Gasteiger charge is -2.19. The second kappa shape index (κ2) is 4.80. The molecule has 2 heterocycles. The van der Waals surface area contributed by atoms with Gasteiger partial charge in [-0.2, -0.15) is 0 Å². The van der Waals surface area contributed by atoms with Crippen LogP contribution in [0.3, 0.4) is 0 Å². The first kappa shape index (κ1) is 12.8. The largest absolute Gasteiger partial charge is 0.486 e. The molecular weight excluding hydrogens is 282 g/mol. The van der Waals surface area contributed by atoms with Crippen LogP contribution in [0.25, 0.3) is 22.3 Å². The maximum absolute atomic E-state index is 12.3. The van der Waals surface area contributed by atoms with Crippen LogP contribution in [0.15, 0.2) is 51.7 Å². The Hall–Kier alpha value is -2.95. The van der Waals surface area contributed by atoms with Crippen molar-refractivity contribution in [3.63, 3.8) is 0 Å². The smallest absolute Gasteiger partial charge is 0.205 e. The molecule has 5 heteroatoms. The number of benzene rings is 2. The van der Waals surface area contributed by atoms with Crippen LogP contribution in [0.5, 0.6) is 11.5 Å². The first-order chi connectivity index (χ1) is 10.7. The predicted octanol–water partition coefficient (Wildman–Crippen LogP) is 2.81. The van der Waals surface area contributed by atoms with E-state index in [0.29, 0.717) is 47.1 Å². The lowest BCUT2D eigenvalue weighted by molar-refractivity contribution is 0.172. The van der Waals surface area contributed by atoms with E-state index < -0.39 is 0 Å². The summed E-state index contributed by atoms with van der Waals surface area (Å²) in [4.78, 5) is 12.3. The molecule has 2 N–H and O–H groups in total. The van der Waals surface area contributed by atoms with Crippen LogP contribution in [-0.2, 0) is 0 Å². The zero-order valence-electron chi connectivity index (χ0n) is 11.7. The Labute approximate surface area is 125 Å². The summed E-state index contributed by atoms with van der Waals surface area (Å²) in [6.07, 6.45) is 0. The minimum absolute atomic E-state index is 0.120. The average Bonchev–Trinajstić information content (AvgIpc) is 2.55. The van der Waals surface area contributed by atoms with Crippen molar-refractivity contribution >= 4 is 16.7 Å². The highest BCUT2D eigenvalue weighted by Crippen LogP contribution is 2.38. The molecule has 0 saturated heterocycles. The summed E-state index contributed by atoms with van der Waals surface area (Å²) in [7, 11) is 0. The normalized spacial score (nSPS) is 13.3. The highest BCUT2D eigenvalue weighted by molar-refractivity contribution is 5.86. The Morgan fingerprint density at radius 1 is 0.955 bits per heavy atom. The van der Waals surface area contributed by atoms with Crippen LogP contribution in [0.1, 0.15) is 0 Å². The molecule has 0 bridgehead atoms. The minimum atomic E-state index is -0.120. The van der Waals surface area contributed by atoms with Crippen molar-refractivity contribution in [3.05, 3.63) is 52.7 Å². The lowest BCUT2D eigenvalue weighted by atomic mass is 10.1. The molecule has 4 rings (SSSR count). The standard InChI is InChI=1S/C17H13NO4/c18-11-3-1-10(2-4-11)15-9-13(19)12-5-6-14-17(16(12)22-15)21-8-7-20-14/h1-6,9H,7-8,18H2. The van der Waals surface area contributed by atoms with E-state index in [1.807, 2.05) is 12.1 Å². The van der Waals surface area contributed by atoms with E-state index in [2.05, 4.69) is 0 Å². The molecule has 0 unspecified atom stereocenters. The summed E-state index contributed by atoms with van der Waals surface area (Å²) in [5.41, 5.74) is 7.41. The Morgan fingerprint density at radius 3 is 2.55 bits per heavy atom. The second-order valence-corrected chi connectivity index (χ2v) is 5.06. The molecule has 0 radical (unpaired) electrons. The SMILES string of the molecule is Nc1ccc(-c2cc(=O)c3ccc4c(c3o2)OCCO4)cc1. The number of anilines is 1. The minimum Gasteiger partial charge on any atom is -0.486 e. The fourth-order valence-corrected chi connectivity index (χ4v) is 2.51. The molecule has 5 nitrogen and oxygen atoms in total. The monoisotopic (exact) mass is 295 g/mol. The van der Waals surface area contributed by atoms with Gasteiger partial charge in [0.15, 0.2) is 16.8 Å². The fraction of sp³-hybridized carbons (Fsp3) is 0.118. The van der Waals surface area contributed by atoms with E-state index in [1.165, 1.54) is 6.07 Å². The van der Waals surface area contributed by atoms with Crippen molar-refractivity contribution in [3.8, 4) is 22.8 Å². The quantitative estimate of drug-likeness (QED) is 0.699. The molecule has 110 valence electrons. The molecule has 0 aliphatic carbocycles. The van der Waals surface area contributed by atoms with Crippen LogP contribution >= 0.6 is 0 Å². The van der Waals surface area contributed by atoms with Gasteiger partial charge in [-0.05, 0) is 36.4 Å². The van der Waals surface area contributed by atoms with E-state index in [1.54, 1.807) is 24.3 Å². The van der Waals surface area contributed by atoms with Gasteiger partial charge in [-0.3, -0.25) is 4.79 Å². The molecule has 3 aromatic rings. The number of ether oxygens (including phenoxy) is 2. The van der Waals surface area contributed by atoms with Gasteiger partial charge in [0.2, 0.25) is 5.75 Å². The first-order valence-corrected chi connectivity index (χ1v) is 6.95. The van der Waals surface area contributed by atoms with E-state index in [9.17, 15) is 4.79 Å². The van der Waals surface area contributed by atoms with Gasteiger partial charge in [0.05, 0.1) is 5.39 Å². The Kier molecular flexibility index (Phi) is 2.79. The Balaban J connectivity index is 1.98. The molecule has 0 fully saturated rings. The van der Waals surface area contributed by atoms with Crippen molar-refractivity contribution in [1.82, 2.24) is 0 Å². The van der Waals surface area contributed by atoms with Crippen LogP contribution in [0.4, 0.5) is 5.69 Å². The van der Waals surface area contributed by atoms with Gasteiger partial charge in [0, 0.05) is 17.3 Å². The molecule has 0 amide bonds. The highest BCUT2D eigenvalue weighted by atomic mass is 16.6. The van der Waals surface area contributed by atoms with Crippen molar-refractivity contribution in [2.75, 3.05) is 18.9 Å². The van der Waals surface area contributed by atoms with Crippen molar-refractivity contribution < 1.29 is 13.9 Å². The third-order valence-corrected chi connectivity index (χ3v) is 3.60. The van der Waals surface area contributed by atoms with Crippen LogP contribution in [0.2, 0.25) is 0 Å². The molecule has 22 heavy (non-hydrogen) atoms. The number of hydrogen-bond acceptors (Lipinski definition) is 5. The van der Waals surface area contributed by atoms with E-state index >= 15 is 0 Å². The molecule has 1 aliphatic heterocycles. The summed E-state index contributed by atoms with van der Waals surface area (Å²) in [6, 6.07) is 12.1. The molecule has 1 aliphatic rings. The van der Waals surface area contributed by atoms with E-state index in [0.717, 1.165) is 5.56 Å². The fourth-order valence-electron chi connectivity index (χ4n) is 2.51. The molecular formula is C17H13NO4. The molecule has 2 aromatic carbocycles. The number of nitrogen functional groups attached to an aromatic ring is 1. The van der Waals surface area contributed by atoms with Crippen LogP contribution < -0.4 is 20.6 Å². The zero-order chi connectivity index (χ0) is 15.1. The number of nitrogens with two attached hydrogens (primary N) is 1. The summed E-state index contributed by atoms with van der Waals surface area (Å²) in [6.45, 7) is 0.919.